The van der Waals surface area contributed by atoms with Crippen LogP contribution in [0.15, 0.2) is 72.8 Å². The lowest BCUT2D eigenvalue weighted by Crippen LogP contribution is -2.32. The van der Waals surface area contributed by atoms with Crippen molar-refractivity contribution < 1.29 is 39.9 Å². The number of esters is 1. The summed E-state index contributed by atoms with van der Waals surface area (Å²) in [7, 11) is -4.33. The number of carbonyl (C=O) groups excluding carboxylic acids is 1. The molecule has 164 valence electrons. The third-order valence-electron chi connectivity index (χ3n) is 4.79. The largest absolute Gasteiger partial charge is 0.534 e. The molecule has 10 heteroatoms. The lowest BCUT2D eigenvalue weighted by Gasteiger charge is -2.14. The van der Waals surface area contributed by atoms with E-state index in [4.69, 9.17) is 4.74 Å². The standard InChI is InChI=1S/C22H15F3NO5S/c1-26-16-11-6-5-10-15(16)19(21(27)30-14-8-3-2-4-9-14)20-17(26)12-7-13-18(20)31-32(28,29)22(23,24)25/h2-13H,1H3/q+1. The van der Waals surface area contributed by atoms with Gasteiger partial charge in [0.25, 0.3) is 0 Å². The van der Waals surface area contributed by atoms with E-state index in [1.807, 2.05) is 0 Å². The Morgan fingerprint density at radius 3 is 2.19 bits per heavy atom. The summed E-state index contributed by atoms with van der Waals surface area (Å²) in [5.41, 5.74) is -4.90. The molecule has 0 aliphatic heterocycles. The molecular formula is C22H15F3NO5S+. The Bertz CT molecular complexity index is 1450. The van der Waals surface area contributed by atoms with Crippen molar-refractivity contribution in [1.29, 1.82) is 0 Å². The van der Waals surface area contributed by atoms with E-state index >= 15 is 0 Å². The maximum absolute atomic E-state index is 13.2. The van der Waals surface area contributed by atoms with Crippen LogP contribution in [0.25, 0.3) is 21.8 Å². The highest BCUT2D eigenvalue weighted by atomic mass is 32.2. The molecule has 0 amide bonds. The molecule has 0 fully saturated rings. The van der Waals surface area contributed by atoms with Gasteiger partial charge in [-0.15, -0.1) is 0 Å². The summed E-state index contributed by atoms with van der Waals surface area (Å²) >= 11 is 0. The van der Waals surface area contributed by atoms with Crippen LogP contribution >= 0.6 is 0 Å². The first-order chi connectivity index (χ1) is 15.1. The Labute approximate surface area is 180 Å². The first kappa shape index (κ1) is 21.6. The highest BCUT2D eigenvalue weighted by molar-refractivity contribution is 7.88. The third kappa shape index (κ3) is 3.73. The molecule has 1 aromatic heterocycles. The smallest absolute Gasteiger partial charge is 0.423 e. The van der Waals surface area contributed by atoms with E-state index in [2.05, 4.69) is 4.18 Å². The molecule has 32 heavy (non-hydrogen) atoms. The Morgan fingerprint density at radius 2 is 1.50 bits per heavy atom. The minimum atomic E-state index is -5.97. The van der Waals surface area contributed by atoms with Crippen LogP contribution in [0, 0.1) is 0 Å². The fourth-order valence-corrected chi connectivity index (χ4v) is 3.86. The summed E-state index contributed by atoms with van der Waals surface area (Å²) in [6, 6.07) is 18.7. The molecule has 0 saturated heterocycles. The van der Waals surface area contributed by atoms with Crippen molar-refractivity contribution >= 4 is 37.9 Å². The predicted molar refractivity (Wildman–Crippen MR) is 110 cm³/mol. The Kier molecular flexibility index (Phi) is 5.25. The first-order valence-corrected chi connectivity index (χ1v) is 10.6. The fourth-order valence-electron chi connectivity index (χ4n) is 3.39. The zero-order valence-electron chi connectivity index (χ0n) is 16.5. The van der Waals surface area contributed by atoms with Crippen LogP contribution in [0.1, 0.15) is 10.4 Å². The molecule has 0 unspecified atom stereocenters. The molecule has 3 aromatic carbocycles. The van der Waals surface area contributed by atoms with Crippen molar-refractivity contribution in [2.24, 2.45) is 7.05 Å². The van der Waals surface area contributed by atoms with Crippen LogP contribution < -0.4 is 13.5 Å². The van der Waals surface area contributed by atoms with Gasteiger partial charge in [0.15, 0.2) is 5.75 Å². The summed E-state index contributed by atoms with van der Waals surface area (Å²) < 4.78 is 73.9. The summed E-state index contributed by atoms with van der Waals surface area (Å²) in [5, 5.41) is 0.228. The Balaban J connectivity index is 2.03. The van der Waals surface area contributed by atoms with Crippen molar-refractivity contribution in [3.05, 3.63) is 78.4 Å². The van der Waals surface area contributed by atoms with E-state index in [1.54, 1.807) is 54.1 Å². The van der Waals surface area contributed by atoms with E-state index in [-0.39, 0.29) is 22.2 Å². The topological polar surface area (TPSA) is 73.5 Å². The van der Waals surface area contributed by atoms with Gasteiger partial charge in [-0.3, -0.25) is 0 Å². The van der Waals surface area contributed by atoms with Gasteiger partial charge in [-0.25, -0.2) is 4.79 Å². The molecule has 0 bridgehead atoms. The quantitative estimate of drug-likeness (QED) is 0.113. The van der Waals surface area contributed by atoms with Gasteiger partial charge in [0, 0.05) is 12.1 Å². The second kappa shape index (κ2) is 7.79. The van der Waals surface area contributed by atoms with Crippen LogP contribution in [0.4, 0.5) is 13.2 Å². The van der Waals surface area contributed by atoms with Crippen LogP contribution in [-0.4, -0.2) is 19.9 Å². The number of benzene rings is 3. The normalized spacial score (nSPS) is 12.1. The molecule has 0 atom stereocenters. The number of hydrogen-bond donors (Lipinski definition) is 0. The predicted octanol–water partition coefficient (Wildman–Crippen LogP) is 4.27. The number of pyridine rings is 1. The molecule has 4 aromatic rings. The van der Waals surface area contributed by atoms with Crippen LogP contribution in [0.3, 0.4) is 0 Å². The van der Waals surface area contributed by atoms with E-state index in [1.165, 1.54) is 24.3 Å². The monoisotopic (exact) mass is 462 g/mol. The van der Waals surface area contributed by atoms with Gasteiger partial charge in [-0.1, -0.05) is 36.4 Å². The summed E-state index contributed by atoms with van der Waals surface area (Å²) in [5.74, 6) is -1.30. The molecule has 0 spiro atoms. The molecule has 0 saturated carbocycles. The molecule has 6 nitrogen and oxygen atoms in total. The van der Waals surface area contributed by atoms with Crippen molar-refractivity contribution in [1.82, 2.24) is 0 Å². The SMILES string of the molecule is C[n+]1c2ccccc2c(C(=O)Oc2ccccc2)c2c(OS(=O)(=O)C(F)(F)F)cccc21. The minimum absolute atomic E-state index is 0.120. The molecule has 0 N–H and O–H groups in total. The number of nitrogens with zero attached hydrogens (tertiary/aromatic N) is 1. The summed E-state index contributed by atoms with van der Waals surface area (Å²) in [6.07, 6.45) is 0. The number of halogens is 3. The molecular weight excluding hydrogens is 447 g/mol. The van der Waals surface area contributed by atoms with Crippen molar-refractivity contribution in [2.45, 2.75) is 5.51 Å². The average Bonchev–Trinajstić information content (AvgIpc) is 2.74. The van der Waals surface area contributed by atoms with Gasteiger partial charge in [0.05, 0.1) is 10.9 Å². The number of rotatable bonds is 4. The number of aryl methyl sites for hydroxylation is 1. The second-order valence-electron chi connectivity index (χ2n) is 6.79. The van der Waals surface area contributed by atoms with Gasteiger partial charge in [0.1, 0.15) is 18.2 Å². The van der Waals surface area contributed by atoms with Crippen molar-refractivity contribution in [2.75, 3.05) is 0 Å². The lowest BCUT2D eigenvalue weighted by molar-refractivity contribution is -0.617. The van der Waals surface area contributed by atoms with Gasteiger partial charge in [-0.05, 0) is 24.3 Å². The summed E-state index contributed by atoms with van der Waals surface area (Å²) in [6.45, 7) is 0. The van der Waals surface area contributed by atoms with E-state index in [0.717, 1.165) is 6.07 Å². The average molecular weight is 462 g/mol. The number of hydrogen-bond acceptors (Lipinski definition) is 5. The molecule has 0 radical (unpaired) electrons. The second-order valence-corrected chi connectivity index (χ2v) is 8.33. The third-order valence-corrected chi connectivity index (χ3v) is 5.76. The van der Waals surface area contributed by atoms with Gasteiger partial charge < -0.3 is 8.92 Å². The minimum Gasteiger partial charge on any atom is -0.423 e. The number of fused-ring (bicyclic) bond motifs is 2. The highest BCUT2D eigenvalue weighted by Crippen LogP contribution is 2.35. The molecule has 0 aliphatic carbocycles. The van der Waals surface area contributed by atoms with Crippen molar-refractivity contribution in [3.63, 3.8) is 0 Å². The number of aromatic nitrogens is 1. The fraction of sp³-hybridized carbons (Fsp3) is 0.0909. The number of para-hydroxylation sites is 2. The van der Waals surface area contributed by atoms with Crippen LogP contribution in [-0.2, 0) is 17.2 Å². The number of alkyl halides is 3. The highest BCUT2D eigenvalue weighted by Gasteiger charge is 2.49. The summed E-state index contributed by atoms with van der Waals surface area (Å²) in [4.78, 5) is 13.2. The first-order valence-electron chi connectivity index (χ1n) is 9.21. The maximum Gasteiger partial charge on any atom is 0.534 e. The Hall–Kier alpha value is -3.66. The van der Waals surface area contributed by atoms with Gasteiger partial charge in [0.2, 0.25) is 11.0 Å². The van der Waals surface area contributed by atoms with E-state index in [0.29, 0.717) is 10.9 Å². The molecule has 4 rings (SSSR count). The molecule has 1 heterocycles. The van der Waals surface area contributed by atoms with Crippen LogP contribution in [0.2, 0.25) is 0 Å². The molecule has 0 aliphatic rings. The maximum atomic E-state index is 13.2. The van der Waals surface area contributed by atoms with E-state index in [9.17, 15) is 26.4 Å². The Morgan fingerprint density at radius 1 is 0.875 bits per heavy atom. The van der Waals surface area contributed by atoms with Crippen LogP contribution in [0.5, 0.6) is 11.5 Å². The lowest BCUT2D eigenvalue weighted by atomic mass is 10.0. The van der Waals surface area contributed by atoms with Gasteiger partial charge in [-0.2, -0.15) is 26.2 Å². The number of ether oxygens (including phenoxy) is 1. The van der Waals surface area contributed by atoms with Crippen molar-refractivity contribution in [3.8, 4) is 11.5 Å². The zero-order chi connectivity index (χ0) is 23.1. The number of carbonyl (C=O) groups is 1. The van der Waals surface area contributed by atoms with Gasteiger partial charge >= 0.3 is 21.6 Å². The van der Waals surface area contributed by atoms with E-state index < -0.39 is 27.3 Å². The zero-order valence-corrected chi connectivity index (χ0v) is 17.3.